The van der Waals surface area contributed by atoms with Gasteiger partial charge in [-0.05, 0) is 76.8 Å². The third-order valence-corrected chi connectivity index (χ3v) is 5.80. The molecule has 1 atom stereocenters. The highest BCUT2D eigenvalue weighted by Gasteiger charge is 2.30. The number of nitrogens with zero attached hydrogens (tertiary/aromatic N) is 3. The molecule has 0 spiro atoms. The summed E-state index contributed by atoms with van der Waals surface area (Å²) >= 11 is 0. The third kappa shape index (κ3) is 4.81. The van der Waals surface area contributed by atoms with Gasteiger partial charge < -0.3 is 14.0 Å². The molecule has 176 valence electrons. The van der Waals surface area contributed by atoms with Gasteiger partial charge >= 0.3 is 5.97 Å². The van der Waals surface area contributed by atoms with Gasteiger partial charge in [0, 0.05) is 17.0 Å². The summed E-state index contributed by atoms with van der Waals surface area (Å²) in [6.07, 6.45) is 1.72. The van der Waals surface area contributed by atoms with E-state index in [1.165, 1.54) is 0 Å². The Balaban J connectivity index is 1.57. The summed E-state index contributed by atoms with van der Waals surface area (Å²) in [4.78, 5) is 16.8. The third-order valence-electron chi connectivity index (χ3n) is 5.80. The molecule has 0 saturated carbocycles. The van der Waals surface area contributed by atoms with Gasteiger partial charge in [-0.1, -0.05) is 23.4 Å². The van der Waals surface area contributed by atoms with Crippen LogP contribution in [0.3, 0.4) is 0 Å². The molecule has 1 aliphatic carbocycles. The van der Waals surface area contributed by atoms with Gasteiger partial charge in [-0.3, -0.25) is 4.79 Å². The van der Waals surface area contributed by atoms with Crippen LogP contribution in [0.1, 0.15) is 63.6 Å². The van der Waals surface area contributed by atoms with E-state index in [0.29, 0.717) is 35.2 Å². The molecule has 7 nitrogen and oxygen atoms in total. The SMILES string of the molecule is CC(C)Oc1ccc(-c2nc(-c3cccc4c3CCC4COC(=O)C(C)(C)C)no2)cc1C#N. The van der Waals surface area contributed by atoms with Crippen LogP contribution >= 0.6 is 0 Å². The van der Waals surface area contributed by atoms with Crippen LogP contribution in [-0.4, -0.2) is 28.8 Å². The minimum atomic E-state index is -0.519. The molecule has 3 aromatic rings. The number of esters is 1. The predicted octanol–water partition coefficient (Wildman–Crippen LogP) is 5.68. The number of aromatic nitrogens is 2. The molecular formula is C27H29N3O4. The molecule has 7 heteroatoms. The van der Waals surface area contributed by atoms with Crippen LogP contribution in [0.2, 0.25) is 0 Å². The van der Waals surface area contributed by atoms with Gasteiger partial charge in [0.25, 0.3) is 5.89 Å². The fourth-order valence-corrected chi connectivity index (χ4v) is 4.07. The number of ether oxygens (including phenoxy) is 2. The summed E-state index contributed by atoms with van der Waals surface area (Å²) in [6.45, 7) is 9.76. The number of hydrogen-bond donors (Lipinski definition) is 0. The van der Waals surface area contributed by atoms with Crippen molar-refractivity contribution >= 4 is 5.97 Å². The Morgan fingerprint density at radius 3 is 2.76 bits per heavy atom. The van der Waals surface area contributed by atoms with Crippen LogP contribution in [-0.2, 0) is 16.0 Å². The molecule has 2 aromatic carbocycles. The van der Waals surface area contributed by atoms with Crippen molar-refractivity contribution in [3.8, 4) is 34.7 Å². The van der Waals surface area contributed by atoms with E-state index in [2.05, 4.69) is 22.3 Å². The Morgan fingerprint density at radius 2 is 2.06 bits per heavy atom. The van der Waals surface area contributed by atoms with Crippen molar-refractivity contribution in [2.45, 2.75) is 59.5 Å². The van der Waals surface area contributed by atoms with Crippen LogP contribution in [0.15, 0.2) is 40.9 Å². The Hall–Kier alpha value is -3.66. The monoisotopic (exact) mass is 459 g/mol. The number of benzene rings is 2. The van der Waals surface area contributed by atoms with Crippen LogP contribution in [0.5, 0.6) is 5.75 Å². The van der Waals surface area contributed by atoms with Gasteiger partial charge in [0.15, 0.2) is 0 Å². The molecule has 0 aliphatic heterocycles. The first kappa shape index (κ1) is 23.5. The molecular weight excluding hydrogens is 430 g/mol. The van der Waals surface area contributed by atoms with Gasteiger partial charge in [0.05, 0.1) is 23.7 Å². The van der Waals surface area contributed by atoms with Crippen molar-refractivity contribution in [2.75, 3.05) is 6.61 Å². The maximum absolute atomic E-state index is 12.2. The maximum atomic E-state index is 12.2. The van der Waals surface area contributed by atoms with E-state index >= 15 is 0 Å². The lowest BCUT2D eigenvalue weighted by atomic mass is 9.96. The zero-order valence-corrected chi connectivity index (χ0v) is 20.2. The van der Waals surface area contributed by atoms with E-state index in [9.17, 15) is 10.1 Å². The zero-order valence-electron chi connectivity index (χ0n) is 20.2. The summed E-state index contributed by atoms with van der Waals surface area (Å²) in [6, 6.07) is 13.5. The second-order valence-corrected chi connectivity index (χ2v) is 9.87. The van der Waals surface area contributed by atoms with E-state index < -0.39 is 5.41 Å². The number of carbonyl (C=O) groups is 1. The van der Waals surface area contributed by atoms with Crippen molar-refractivity contribution in [3.05, 3.63) is 53.1 Å². The van der Waals surface area contributed by atoms with Crippen LogP contribution < -0.4 is 4.74 Å². The summed E-state index contributed by atoms with van der Waals surface area (Å²) in [7, 11) is 0. The molecule has 0 bridgehead atoms. The Bertz CT molecular complexity index is 1250. The fourth-order valence-electron chi connectivity index (χ4n) is 4.07. The summed E-state index contributed by atoms with van der Waals surface area (Å²) in [5.74, 6) is 1.33. The summed E-state index contributed by atoms with van der Waals surface area (Å²) in [5, 5.41) is 13.7. The zero-order chi connectivity index (χ0) is 24.5. The van der Waals surface area contributed by atoms with Crippen molar-refractivity contribution in [3.63, 3.8) is 0 Å². The minimum absolute atomic E-state index is 0.0334. The Kier molecular flexibility index (Phi) is 6.43. The van der Waals surface area contributed by atoms with Crippen molar-refractivity contribution in [1.29, 1.82) is 5.26 Å². The number of hydrogen-bond acceptors (Lipinski definition) is 7. The van der Waals surface area contributed by atoms with E-state index in [-0.39, 0.29) is 18.0 Å². The molecule has 0 fully saturated rings. The number of nitriles is 1. The largest absolute Gasteiger partial charge is 0.490 e. The number of carbonyl (C=O) groups excluding carboxylic acids is 1. The smallest absolute Gasteiger partial charge is 0.311 e. The second-order valence-electron chi connectivity index (χ2n) is 9.87. The first-order valence-electron chi connectivity index (χ1n) is 11.5. The van der Waals surface area contributed by atoms with Crippen molar-refractivity contribution in [1.82, 2.24) is 10.1 Å². The van der Waals surface area contributed by atoms with Crippen molar-refractivity contribution in [2.24, 2.45) is 5.41 Å². The van der Waals surface area contributed by atoms with E-state index in [0.717, 1.165) is 29.5 Å². The molecule has 0 radical (unpaired) electrons. The highest BCUT2D eigenvalue weighted by molar-refractivity contribution is 5.75. The number of fused-ring (bicyclic) bond motifs is 1. The van der Waals surface area contributed by atoms with Gasteiger partial charge in [0.1, 0.15) is 11.8 Å². The van der Waals surface area contributed by atoms with E-state index in [1.54, 1.807) is 12.1 Å². The predicted molar refractivity (Wildman–Crippen MR) is 127 cm³/mol. The van der Waals surface area contributed by atoms with Crippen LogP contribution in [0, 0.1) is 16.7 Å². The molecule has 1 heterocycles. The summed E-state index contributed by atoms with van der Waals surface area (Å²) in [5.41, 5.74) is 3.79. The molecule has 1 unspecified atom stereocenters. The van der Waals surface area contributed by atoms with E-state index in [1.807, 2.05) is 52.8 Å². The highest BCUT2D eigenvalue weighted by Crippen LogP contribution is 2.39. The Morgan fingerprint density at radius 1 is 1.26 bits per heavy atom. The molecule has 0 N–H and O–H groups in total. The van der Waals surface area contributed by atoms with Gasteiger partial charge in [-0.2, -0.15) is 10.2 Å². The molecule has 34 heavy (non-hydrogen) atoms. The first-order valence-corrected chi connectivity index (χ1v) is 11.5. The maximum Gasteiger partial charge on any atom is 0.311 e. The average Bonchev–Trinajstić information content (AvgIpc) is 3.44. The highest BCUT2D eigenvalue weighted by atomic mass is 16.5. The molecule has 1 aliphatic rings. The van der Waals surface area contributed by atoms with Crippen LogP contribution in [0.4, 0.5) is 0 Å². The summed E-state index contributed by atoms with van der Waals surface area (Å²) < 4.78 is 16.8. The topological polar surface area (TPSA) is 98.2 Å². The van der Waals surface area contributed by atoms with Gasteiger partial charge in [0.2, 0.25) is 5.82 Å². The van der Waals surface area contributed by atoms with E-state index in [4.69, 9.17) is 14.0 Å². The normalized spacial score (nSPS) is 15.1. The lowest BCUT2D eigenvalue weighted by Crippen LogP contribution is -2.24. The second kappa shape index (κ2) is 9.30. The average molecular weight is 460 g/mol. The number of rotatable bonds is 6. The van der Waals surface area contributed by atoms with Crippen LogP contribution in [0.25, 0.3) is 22.8 Å². The van der Waals surface area contributed by atoms with Crippen molar-refractivity contribution < 1.29 is 18.8 Å². The quantitative estimate of drug-likeness (QED) is 0.437. The molecule has 4 rings (SSSR count). The Labute approximate surface area is 199 Å². The fraction of sp³-hybridized carbons (Fsp3) is 0.407. The first-order chi connectivity index (χ1) is 16.2. The minimum Gasteiger partial charge on any atom is -0.490 e. The molecule has 1 aromatic heterocycles. The van der Waals surface area contributed by atoms with Gasteiger partial charge in [-0.15, -0.1) is 0 Å². The lowest BCUT2D eigenvalue weighted by molar-refractivity contribution is -0.153. The standard InChI is InChI=1S/C27H29N3O4/c1-16(2)33-23-12-10-17(13-19(23)14-28)25-29-24(30-34-25)22-8-6-7-20-18(9-11-21(20)22)15-32-26(31)27(3,4)5/h6-8,10,12-13,16,18H,9,11,15H2,1-5H3. The molecule has 0 amide bonds. The van der Waals surface area contributed by atoms with Gasteiger partial charge in [-0.25, -0.2) is 0 Å². The lowest BCUT2D eigenvalue weighted by Gasteiger charge is -2.19. The molecule has 0 saturated heterocycles.